The summed E-state index contributed by atoms with van der Waals surface area (Å²) in [7, 11) is -3.64. The number of carbonyl (C=O) groups is 1. The van der Waals surface area contributed by atoms with E-state index in [0.717, 1.165) is 33.5 Å². The van der Waals surface area contributed by atoms with E-state index in [1.54, 1.807) is 6.07 Å². The van der Waals surface area contributed by atoms with E-state index in [1.165, 1.54) is 0 Å². The Morgan fingerprint density at radius 3 is 2.68 bits per heavy atom. The third-order valence-electron chi connectivity index (χ3n) is 2.99. The number of thiophene rings is 1. The van der Waals surface area contributed by atoms with E-state index in [2.05, 4.69) is 20.7 Å². The molecule has 2 N–H and O–H groups in total. The Bertz CT molecular complexity index is 572. The van der Waals surface area contributed by atoms with Gasteiger partial charge in [0.25, 0.3) is 0 Å². The van der Waals surface area contributed by atoms with Crippen molar-refractivity contribution in [3.63, 3.8) is 0 Å². The number of carboxylic acid groups (broad SMARTS) is 1. The van der Waals surface area contributed by atoms with Gasteiger partial charge in [-0.25, -0.2) is 13.1 Å². The average Bonchev–Trinajstić information content (AvgIpc) is 3.05. The summed E-state index contributed by atoms with van der Waals surface area (Å²) in [6.45, 7) is 1.81. The molecular formula is C11H14BrNO4S2. The molecule has 1 aromatic rings. The van der Waals surface area contributed by atoms with Crippen LogP contribution < -0.4 is 4.72 Å². The molecule has 0 spiro atoms. The summed E-state index contributed by atoms with van der Waals surface area (Å²) >= 11 is 4.42. The first-order chi connectivity index (χ1) is 8.79. The number of aryl methyl sites for hydroxylation is 1. The average molecular weight is 368 g/mol. The van der Waals surface area contributed by atoms with Crippen molar-refractivity contribution in [3.05, 3.63) is 15.4 Å². The van der Waals surface area contributed by atoms with Crippen LogP contribution in [0.2, 0.25) is 0 Å². The molecule has 1 heterocycles. The molecule has 1 aliphatic carbocycles. The maximum absolute atomic E-state index is 12.2. The van der Waals surface area contributed by atoms with Gasteiger partial charge in [-0.2, -0.15) is 0 Å². The summed E-state index contributed by atoms with van der Waals surface area (Å²) in [5.74, 6) is -0.835. The zero-order valence-corrected chi connectivity index (χ0v) is 13.4. The number of halogens is 1. The highest BCUT2D eigenvalue weighted by atomic mass is 79.9. The van der Waals surface area contributed by atoms with Gasteiger partial charge >= 0.3 is 5.97 Å². The summed E-state index contributed by atoms with van der Waals surface area (Å²) < 4.78 is 27.9. The summed E-state index contributed by atoms with van der Waals surface area (Å²) in [5, 5.41) is 8.84. The third-order valence-corrected chi connectivity index (χ3v) is 7.09. The minimum Gasteiger partial charge on any atom is -0.481 e. The van der Waals surface area contributed by atoms with Crippen LogP contribution in [0.1, 0.15) is 24.8 Å². The number of carboxylic acids is 1. The van der Waals surface area contributed by atoms with Crippen molar-refractivity contribution >= 4 is 43.3 Å². The smallest absolute Gasteiger partial charge is 0.304 e. The van der Waals surface area contributed by atoms with Crippen LogP contribution in [-0.4, -0.2) is 25.5 Å². The van der Waals surface area contributed by atoms with Gasteiger partial charge in [0.2, 0.25) is 10.0 Å². The lowest BCUT2D eigenvalue weighted by Gasteiger charge is -2.15. The largest absolute Gasteiger partial charge is 0.481 e. The molecule has 1 aromatic heterocycles. The predicted octanol–water partition coefficient (Wildman–Crippen LogP) is 2.35. The highest BCUT2D eigenvalue weighted by Gasteiger charge is 2.36. The molecule has 5 nitrogen and oxygen atoms in total. The van der Waals surface area contributed by atoms with Crippen molar-refractivity contribution in [1.82, 2.24) is 4.72 Å². The lowest BCUT2D eigenvalue weighted by atomic mass is 10.1. The first-order valence-electron chi connectivity index (χ1n) is 5.79. The molecule has 8 heteroatoms. The number of hydrogen-bond donors (Lipinski definition) is 2. The molecule has 0 radical (unpaired) electrons. The van der Waals surface area contributed by atoms with E-state index in [1.807, 2.05) is 6.92 Å². The van der Waals surface area contributed by atoms with Crippen LogP contribution >= 0.6 is 27.3 Å². The standard InChI is InChI=1S/C11H14BrNO4S2/c1-6-4-10(18-11(6)12)19(16,17)13-8(5-9(14)15)7-2-3-7/h4,7-8,13H,2-3,5H2,1H3,(H,14,15). The van der Waals surface area contributed by atoms with E-state index in [4.69, 9.17) is 5.11 Å². The second kappa shape index (κ2) is 5.51. The van der Waals surface area contributed by atoms with Crippen LogP contribution in [0.3, 0.4) is 0 Å². The molecule has 19 heavy (non-hydrogen) atoms. The van der Waals surface area contributed by atoms with Gasteiger partial charge in [-0.3, -0.25) is 4.79 Å². The Labute approximate surface area is 124 Å². The second-order valence-corrected chi connectivity index (χ2v) is 9.00. The Hall–Kier alpha value is -0.440. The zero-order valence-electron chi connectivity index (χ0n) is 10.2. The number of sulfonamides is 1. The molecular weight excluding hydrogens is 354 g/mol. The number of nitrogens with one attached hydrogen (secondary N) is 1. The summed E-state index contributed by atoms with van der Waals surface area (Å²) in [6.07, 6.45) is 1.59. The molecule has 0 aliphatic heterocycles. The number of hydrogen-bond acceptors (Lipinski definition) is 4. The van der Waals surface area contributed by atoms with Crippen LogP contribution in [-0.2, 0) is 14.8 Å². The van der Waals surface area contributed by atoms with E-state index in [9.17, 15) is 13.2 Å². The van der Waals surface area contributed by atoms with Crippen molar-refractivity contribution in [3.8, 4) is 0 Å². The van der Waals surface area contributed by atoms with Gasteiger partial charge < -0.3 is 5.11 Å². The lowest BCUT2D eigenvalue weighted by molar-refractivity contribution is -0.137. The van der Waals surface area contributed by atoms with Crippen molar-refractivity contribution in [1.29, 1.82) is 0 Å². The summed E-state index contributed by atoms with van der Waals surface area (Å²) in [6, 6.07) is 1.07. The SMILES string of the molecule is Cc1cc(S(=O)(=O)NC(CC(=O)O)C2CC2)sc1Br. The Morgan fingerprint density at radius 1 is 1.63 bits per heavy atom. The van der Waals surface area contributed by atoms with Crippen molar-refractivity contribution in [2.75, 3.05) is 0 Å². The van der Waals surface area contributed by atoms with Crippen LogP contribution in [0.15, 0.2) is 14.1 Å². The van der Waals surface area contributed by atoms with Gasteiger partial charge in [-0.15, -0.1) is 11.3 Å². The van der Waals surface area contributed by atoms with Gasteiger partial charge in [-0.1, -0.05) is 0 Å². The van der Waals surface area contributed by atoms with Crippen LogP contribution in [0.25, 0.3) is 0 Å². The number of rotatable bonds is 6. The predicted molar refractivity (Wildman–Crippen MR) is 75.8 cm³/mol. The third kappa shape index (κ3) is 3.77. The van der Waals surface area contributed by atoms with Gasteiger partial charge in [-0.05, 0) is 53.2 Å². The Kier molecular flexibility index (Phi) is 4.34. The van der Waals surface area contributed by atoms with Crippen molar-refractivity contribution in [2.24, 2.45) is 5.92 Å². The molecule has 1 unspecified atom stereocenters. The Balaban J connectivity index is 2.17. The second-order valence-electron chi connectivity index (χ2n) is 4.69. The molecule has 1 atom stereocenters. The van der Waals surface area contributed by atoms with Crippen molar-refractivity contribution < 1.29 is 18.3 Å². The monoisotopic (exact) mass is 367 g/mol. The van der Waals surface area contributed by atoms with E-state index < -0.39 is 22.0 Å². The molecule has 1 fully saturated rings. The maximum atomic E-state index is 12.2. The molecule has 0 amide bonds. The molecule has 0 saturated heterocycles. The topological polar surface area (TPSA) is 83.5 Å². The molecule has 0 bridgehead atoms. The van der Waals surface area contributed by atoms with Gasteiger partial charge in [0, 0.05) is 6.04 Å². The van der Waals surface area contributed by atoms with Crippen LogP contribution in [0.4, 0.5) is 0 Å². The normalized spacial score (nSPS) is 17.4. The maximum Gasteiger partial charge on any atom is 0.304 e. The van der Waals surface area contributed by atoms with Gasteiger partial charge in [0.1, 0.15) is 4.21 Å². The van der Waals surface area contributed by atoms with E-state index in [-0.39, 0.29) is 16.5 Å². The number of aliphatic carboxylic acids is 1. The minimum absolute atomic E-state index is 0.148. The summed E-state index contributed by atoms with van der Waals surface area (Å²) in [4.78, 5) is 10.8. The highest BCUT2D eigenvalue weighted by molar-refractivity contribution is 9.11. The lowest BCUT2D eigenvalue weighted by Crippen LogP contribution is -2.37. The fourth-order valence-corrected chi connectivity index (χ4v) is 5.36. The van der Waals surface area contributed by atoms with Crippen molar-refractivity contribution in [2.45, 2.75) is 36.4 Å². The quantitative estimate of drug-likeness (QED) is 0.808. The Morgan fingerprint density at radius 2 is 2.26 bits per heavy atom. The minimum atomic E-state index is -3.64. The van der Waals surface area contributed by atoms with Gasteiger partial charge in [0.15, 0.2) is 0 Å². The molecule has 2 rings (SSSR count). The van der Waals surface area contributed by atoms with E-state index >= 15 is 0 Å². The molecule has 1 saturated carbocycles. The molecule has 0 aromatic carbocycles. The first-order valence-corrected chi connectivity index (χ1v) is 8.89. The molecule has 1 aliphatic rings. The highest BCUT2D eigenvalue weighted by Crippen LogP contribution is 2.36. The fourth-order valence-electron chi connectivity index (χ4n) is 1.81. The molecule has 106 valence electrons. The first kappa shape index (κ1) is 15.0. The zero-order chi connectivity index (χ0) is 14.2. The van der Waals surface area contributed by atoms with E-state index in [0.29, 0.717) is 0 Å². The van der Waals surface area contributed by atoms with Crippen LogP contribution in [0, 0.1) is 12.8 Å². The van der Waals surface area contributed by atoms with Crippen LogP contribution in [0.5, 0.6) is 0 Å². The summed E-state index contributed by atoms with van der Waals surface area (Å²) in [5.41, 5.74) is 0.853. The fraction of sp³-hybridized carbons (Fsp3) is 0.545. The van der Waals surface area contributed by atoms with Gasteiger partial charge in [0.05, 0.1) is 10.2 Å².